The fraction of sp³-hybridized carbons (Fsp3) is 0.0833. The summed E-state index contributed by atoms with van der Waals surface area (Å²) in [5.74, 6) is 0. The highest BCUT2D eigenvalue weighted by atomic mass is 35.5. The standard InChI is InChI=1S/C12H9ClN2O2/c1-8-7-10(16)11(12(13)17)14-15(8)9-5-3-2-4-6-9/h2-7H,1H3. The zero-order valence-electron chi connectivity index (χ0n) is 9.05. The molecule has 1 aromatic carbocycles. The van der Waals surface area contributed by atoms with Crippen LogP contribution in [0.15, 0.2) is 41.2 Å². The van der Waals surface area contributed by atoms with E-state index in [0.717, 1.165) is 5.69 Å². The topological polar surface area (TPSA) is 52.0 Å². The molecule has 0 amide bonds. The van der Waals surface area contributed by atoms with Gasteiger partial charge in [-0.15, -0.1) is 0 Å². The van der Waals surface area contributed by atoms with Crippen LogP contribution in [0.25, 0.3) is 5.69 Å². The maximum Gasteiger partial charge on any atom is 0.276 e. The van der Waals surface area contributed by atoms with Gasteiger partial charge in [0.05, 0.1) is 5.69 Å². The van der Waals surface area contributed by atoms with Gasteiger partial charge < -0.3 is 0 Å². The first kappa shape index (κ1) is 11.5. The van der Waals surface area contributed by atoms with Crippen molar-refractivity contribution in [2.75, 3.05) is 0 Å². The van der Waals surface area contributed by atoms with Crippen molar-refractivity contribution in [3.05, 3.63) is 58.0 Å². The molecule has 5 heteroatoms. The van der Waals surface area contributed by atoms with Crippen LogP contribution in [0.4, 0.5) is 0 Å². The van der Waals surface area contributed by atoms with Gasteiger partial charge in [0.25, 0.3) is 5.24 Å². The van der Waals surface area contributed by atoms with Crippen molar-refractivity contribution in [1.29, 1.82) is 0 Å². The molecule has 0 bridgehead atoms. The molecule has 2 rings (SSSR count). The number of carbonyl (C=O) groups is 1. The maximum atomic E-state index is 11.5. The Kier molecular flexibility index (Phi) is 3.06. The van der Waals surface area contributed by atoms with E-state index < -0.39 is 10.7 Å². The molecule has 17 heavy (non-hydrogen) atoms. The van der Waals surface area contributed by atoms with Gasteiger partial charge in [-0.2, -0.15) is 5.10 Å². The van der Waals surface area contributed by atoms with E-state index >= 15 is 0 Å². The molecule has 0 unspecified atom stereocenters. The summed E-state index contributed by atoms with van der Waals surface area (Å²) in [6.45, 7) is 1.74. The second-order valence-corrected chi connectivity index (χ2v) is 3.86. The average molecular weight is 249 g/mol. The molecule has 86 valence electrons. The molecule has 0 fully saturated rings. The van der Waals surface area contributed by atoms with Gasteiger partial charge in [0.15, 0.2) is 5.69 Å². The van der Waals surface area contributed by atoms with Crippen LogP contribution in [0, 0.1) is 6.92 Å². The number of para-hydroxylation sites is 1. The normalized spacial score (nSPS) is 10.2. The van der Waals surface area contributed by atoms with E-state index in [0.29, 0.717) is 5.69 Å². The monoisotopic (exact) mass is 248 g/mol. The highest BCUT2D eigenvalue weighted by Gasteiger charge is 2.12. The van der Waals surface area contributed by atoms with E-state index in [1.807, 2.05) is 30.3 Å². The van der Waals surface area contributed by atoms with Gasteiger partial charge in [-0.1, -0.05) is 18.2 Å². The number of benzene rings is 1. The van der Waals surface area contributed by atoms with Crippen molar-refractivity contribution < 1.29 is 4.79 Å². The quantitative estimate of drug-likeness (QED) is 0.763. The van der Waals surface area contributed by atoms with Crippen LogP contribution in [-0.4, -0.2) is 15.0 Å². The lowest BCUT2D eigenvalue weighted by molar-refractivity contribution is 0.107. The summed E-state index contributed by atoms with van der Waals surface area (Å²) in [7, 11) is 0. The summed E-state index contributed by atoms with van der Waals surface area (Å²) < 4.78 is 1.51. The smallest absolute Gasteiger partial charge is 0.276 e. The molecular weight excluding hydrogens is 240 g/mol. The lowest BCUT2D eigenvalue weighted by Gasteiger charge is -2.09. The Balaban J connectivity index is 2.67. The summed E-state index contributed by atoms with van der Waals surface area (Å²) >= 11 is 5.31. The number of hydrogen-bond acceptors (Lipinski definition) is 3. The van der Waals surface area contributed by atoms with Crippen molar-refractivity contribution in [2.24, 2.45) is 0 Å². The summed E-state index contributed by atoms with van der Waals surface area (Å²) in [6, 6.07) is 10.6. The van der Waals surface area contributed by atoms with Gasteiger partial charge in [0.2, 0.25) is 5.43 Å². The molecule has 0 aliphatic carbocycles. The number of hydrogen-bond donors (Lipinski definition) is 0. The number of nitrogens with zero attached hydrogens (tertiary/aromatic N) is 2. The lowest BCUT2D eigenvalue weighted by atomic mass is 10.3. The third kappa shape index (κ3) is 2.26. The third-order valence-electron chi connectivity index (χ3n) is 2.29. The molecule has 0 atom stereocenters. The molecule has 0 saturated carbocycles. The Bertz CT molecular complexity index is 620. The molecule has 1 aromatic heterocycles. The van der Waals surface area contributed by atoms with Crippen LogP contribution in [0.1, 0.15) is 16.2 Å². The minimum absolute atomic E-state index is 0.263. The molecule has 2 aromatic rings. The molecule has 1 heterocycles. The minimum Gasteiger partial charge on any atom is -0.287 e. The van der Waals surface area contributed by atoms with E-state index in [4.69, 9.17) is 11.6 Å². The number of aryl methyl sites for hydroxylation is 1. The van der Waals surface area contributed by atoms with E-state index in [-0.39, 0.29) is 5.69 Å². The first-order chi connectivity index (χ1) is 8.09. The Morgan fingerprint density at radius 3 is 2.53 bits per heavy atom. The summed E-state index contributed by atoms with van der Waals surface area (Å²) in [5.41, 5.74) is 0.683. The van der Waals surface area contributed by atoms with E-state index in [2.05, 4.69) is 5.10 Å². The fourth-order valence-corrected chi connectivity index (χ4v) is 1.65. The Hall–Kier alpha value is -1.94. The van der Waals surface area contributed by atoms with Crippen LogP contribution >= 0.6 is 11.6 Å². The molecular formula is C12H9ClN2O2. The molecule has 4 nitrogen and oxygen atoms in total. The Morgan fingerprint density at radius 2 is 1.94 bits per heavy atom. The fourth-order valence-electron chi connectivity index (χ4n) is 1.51. The van der Waals surface area contributed by atoms with Gasteiger partial charge in [-0.3, -0.25) is 9.59 Å². The van der Waals surface area contributed by atoms with Crippen molar-refractivity contribution in [1.82, 2.24) is 9.78 Å². The van der Waals surface area contributed by atoms with Gasteiger partial charge >= 0.3 is 0 Å². The molecule has 0 radical (unpaired) electrons. The van der Waals surface area contributed by atoms with Crippen LogP contribution in [0.3, 0.4) is 0 Å². The van der Waals surface area contributed by atoms with Crippen LogP contribution in [-0.2, 0) is 0 Å². The zero-order valence-corrected chi connectivity index (χ0v) is 9.81. The molecule has 0 spiro atoms. The van der Waals surface area contributed by atoms with Gasteiger partial charge in [0, 0.05) is 11.8 Å². The van der Waals surface area contributed by atoms with E-state index in [1.165, 1.54) is 10.7 Å². The van der Waals surface area contributed by atoms with Crippen molar-refractivity contribution in [3.63, 3.8) is 0 Å². The number of aromatic nitrogens is 2. The van der Waals surface area contributed by atoms with Gasteiger partial charge in [-0.25, -0.2) is 4.68 Å². The highest BCUT2D eigenvalue weighted by Crippen LogP contribution is 2.08. The highest BCUT2D eigenvalue weighted by molar-refractivity contribution is 6.67. The number of carbonyl (C=O) groups excluding carboxylic acids is 1. The van der Waals surface area contributed by atoms with Gasteiger partial charge in [-0.05, 0) is 30.7 Å². The lowest BCUT2D eigenvalue weighted by Crippen LogP contribution is -2.20. The summed E-state index contributed by atoms with van der Waals surface area (Å²) in [6.07, 6.45) is 0. The van der Waals surface area contributed by atoms with Crippen molar-refractivity contribution >= 4 is 16.8 Å². The van der Waals surface area contributed by atoms with Crippen molar-refractivity contribution in [3.8, 4) is 5.69 Å². The first-order valence-corrected chi connectivity index (χ1v) is 5.33. The largest absolute Gasteiger partial charge is 0.287 e. The molecule has 0 aliphatic rings. The maximum absolute atomic E-state index is 11.5. The number of halogens is 1. The molecule has 0 saturated heterocycles. The van der Waals surface area contributed by atoms with E-state index in [9.17, 15) is 9.59 Å². The van der Waals surface area contributed by atoms with Crippen LogP contribution < -0.4 is 5.43 Å². The Labute approximate surface area is 102 Å². The summed E-state index contributed by atoms with van der Waals surface area (Å²) in [4.78, 5) is 22.5. The zero-order chi connectivity index (χ0) is 12.4. The van der Waals surface area contributed by atoms with Crippen molar-refractivity contribution in [2.45, 2.75) is 6.92 Å². The predicted molar refractivity (Wildman–Crippen MR) is 64.8 cm³/mol. The van der Waals surface area contributed by atoms with Crippen LogP contribution in [0.5, 0.6) is 0 Å². The second kappa shape index (κ2) is 4.51. The predicted octanol–water partition coefficient (Wildman–Crippen LogP) is 1.92. The molecule has 0 N–H and O–H groups in total. The number of rotatable bonds is 2. The van der Waals surface area contributed by atoms with Gasteiger partial charge in [0.1, 0.15) is 0 Å². The van der Waals surface area contributed by atoms with E-state index in [1.54, 1.807) is 6.92 Å². The SMILES string of the molecule is Cc1cc(=O)c(C(=O)Cl)nn1-c1ccccc1. The first-order valence-electron chi connectivity index (χ1n) is 4.96. The minimum atomic E-state index is -0.848. The third-order valence-corrected chi connectivity index (χ3v) is 2.47. The Morgan fingerprint density at radius 1 is 1.29 bits per heavy atom. The van der Waals surface area contributed by atoms with Crippen LogP contribution in [0.2, 0.25) is 0 Å². The molecule has 0 aliphatic heterocycles. The second-order valence-electron chi connectivity index (χ2n) is 3.52. The summed E-state index contributed by atoms with van der Waals surface area (Å²) in [5, 5.41) is 3.12. The average Bonchev–Trinajstić information content (AvgIpc) is 2.29.